The summed E-state index contributed by atoms with van der Waals surface area (Å²) in [7, 11) is -2.51. The van der Waals surface area contributed by atoms with Gasteiger partial charge in [-0.2, -0.15) is 8.42 Å². The molecule has 2 rings (SSSR count). The van der Waals surface area contributed by atoms with E-state index in [9.17, 15) is 33.4 Å². The van der Waals surface area contributed by atoms with Gasteiger partial charge in [-0.15, -0.1) is 0 Å². The quantitative estimate of drug-likeness (QED) is 0.282. The molecule has 0 N–H and O–H groups in total. The topological polar surface area (TPSA) is 159 Å². The minimum absolute atomic E-state index is 0.00683. The zero-order valence-corrected chi connectivity index (χ0v) is 19.2. The summed E-state index contributed by atoms with van der Waals surface area (Å²) in [5.74, 6) is -0.565. The molecule has 178 valence electrons. The van der Waals surface area contributed by atoms with Gasteiger partial charge in [0.05, 0.1) is 34.8 Å². The van der Waals surface area contributed by atoms with Gasteiger partial charge in [-0.25, -0.2) is 0 Å². The Kier molecular flexibility index (Phi) is 7.93. The number of nitro groups is 2. The van der Waals surface area contributed by atoms with E-state index in [1.807, 2.05) is 13.8 Å². The van der Waals surface area contributed by atoms with Crippen molar-refractivity contribution in [3.8, 4) is 11.5 Å². The molecule has 0 aromatic heterocycles. The van der Waals surface area contributed by atoms with Gasteiger partial charge in [-0.3, -0.25) is 25.0 Å². The van der Waals surface area contributed by atoms with Crippen molar-refractivity contribution in [1.29, 1.82) is 0 Å². The number of ether oxygens (including phenoxy) is 1. The lowest BCUT2D eigenvalue weighted by Gasteiger charge is -2.25. The maximum atomic E-state index is 13.2. The molecule has 0 saturated carbocycles. The standard InChI is InChI=1S/C20H23N3O9S/c1-13(2)11-21(12-14-5-6-18(31-3)19(7-14)32-33(4,29)30)20(24)15-8-16(22(25)26)10-17(9-15)23(27)28/h5-10,13H,11-12H2,1-4H3. The number of rotatable bonds is 10. The molecule has 0 radical (unpaired) electrons. The van der Waals surface area contributed by atoms with Crippen LogP contribution in [0.5, 0.6) is 11.5 Å². The van der Waals surface area contributed by atoms with E-state index in [0.29, 0.717) is 5.56 Å². The van der Waals surface area contributed by atoms with Crippen LogP contribution in [0.3, 0.4) is 0 Å². The number of amides is 1. The lowest BCUT2D eigenvalue weighted by atomic mass is 10.1. The molecule has 12 nitrogen and oxygen atoms in total. The summed E-state index contributed by atoms with van der Waals surface area (Å²) in [5, 5.41) is 22.4. The van der Waals surface area contributed by atoms with Crippen LogP contribution in [0.15, 0.2) is 36.4 Å². The first-order chi connectivity index (χ1) is 15.3. The predicted molar refractivity (Wildman–Crippen MR) is 118 cm³/mol. The van der Waals surface area contributed by atoms with Gasteiger partial charge >= 0.3 is 10.1 Å². The maximum absolute atomic E-state index is 13.2. The van der Waals surface area contributed by atoms with Crippen molar-refractivity contribution in [2.75, 3.05) is 19.9 Å². The molecular formula is C20H23N3O9S. The molecule has 0 aliphatic rings. The van der Waals surface area contributed by atoms with Crippen LogP contribution in [0.25, 0.3) is 0 Å². The molecule has 0 spiro atoms. The Morgan fingerprint density at radius 3 is 2.06 bits per heavy atom. The van der Waals surface area contributed by atoms with E-state index in [4.69, 9.17) is 8.92 Å². The van der Waals surface area contributed by atoms with E-state index < -0.39 is 37.2 Å². The molecule has 0 fully saturated rings. The Labute approximate surface area is 190 Å². The predicted octanol–water partition coefficient (Wildman–Crippen LogP) is 3.15. The van der Waals surface area contributed by atoms with Gasteiger partial charge in [0.25, 0.3) is 17.3 Å². The average molecular weight is 481 g/mol. The van der Waals surface area contributed by atoms with Crippen molar-refractivity contribution in [2.45, 2.75) is 20.4 Å². The summed E-state index contributed by atoms with van der Waals surface area (Å²) in [4.78, 5) is 35.3. The third-order valence-corrected chi connectivity index (χ3v) is 4.77. The summed E-state index contributed by atoms with van der Waals surface area (Å²) in [5.41, 5.74) is -0.878. The second kappa shape index (κ2) is 10.3. The largest absolute Gasteiger partial charge is 0.493 e. The van der Waals surface area contributed by atoms with Crippen molar-refractivity contribution >= 4 is 27.4 Å². The third kappa shape index (κ3) is 7.14. The van der Waals surface area contributed by atoms with Crippen LogP contribution in [-0.2, 0) is 16.7 Å². The zero-order valence-electron chi connectivity index (χ0n) is 18.4. The Hall–Kier alpha value is -3.74. The second-order valence-corrected chi connectivity index (χ2v) is 9.18. The lowest BCUT2D eigenvalue weighted by Crippen LogP contribution is -2.33. The molecule has 13 heteroatoms. The summed E-state index contributed by atoms with van der Waals surface area (Å²) in [6.07, 6.45) is 0.878. The fourth-order valence-corrected chi connectivity index (χ4v) is 3.50. The SMILES string of the molecule is COc1ccc(CN(CC(C)C)C(=O)c2cc([N+](=O)[O-])cc([N+](=O)[O-])c2)cc1OS(C)(=O)=O. The number of nitro benzene ring substituents is 2. The number of non-ortho nitro benzene ring substituents is 2. The van der Waals surface area contributed by atoms with Gasteiger partial charge in [0.2, 0.25) is 0 Å². The number of methoxy groups -OCH3 is 1. The summed E-state index contributed by atoms with van der Waals surface area (Å²) in [6, 6.07) is 7.22. The van der Waals surface area contributed by atoms with E-state index in [1.54, 1.807) is 6.07 Å². The Balaban J connectivity index is 2.47. The Morgan fingerprint density at radius 1 is 1.03 bits per heavy atom. The summed E-state index contributed by atoms with van der Waals surface area (Å²) >= 11 is 0. The monoisotopic (exact) mass is 481 g/mol. The van der Waals surface area contributed by atoms with Crippen LogP contribution in [-0.4, -0.2) is 49.0 Å². The lowest BCUT2D eigenvalue weighted by molar-refractivity contribution is -0.394. The van der Waals surface area contributed by atoms with Gasteiger partial charge < -0.3 is 13.8 Å². The zero-order chi connectivity index (χ0) is 24.9. The maximum Gasteiger partial charge on any atom is 0.306 e. The highest BCUT2D eigenvalue weighted by atomic mass is 32.2. The normalized spacial score (nSPS) is 11.2. The minimum Gasteiger partial charge on any atom is -0.493 e. The number of carbonyl (C=O) groups is 1. The third-order valence-electron chi connectivity index (χ3n) is 4.29. The fraction of sp³-hybridized carbons (Fsp3) is 0.350. The van der Waals surface area contributed by atoms with Crippen LogP contribution in [0.1, 0.15) is 29.8 Å². The van der Waals surface area contributed by atoms with Crippen molar-refractivity contribution in [3.05, 3.63) is 67.8 Å². The van der Waals surface area contributed by atoms with Crippen LogP contribution < -0.4 is 8.92 Å². The van der Waals surface area contributed by atoms with Crippen molar-refractivity contribution in [1.82, 2.24) is 4.90 Å². The molecule has 0 aliphatic carbocycles. The fourth-order valence-electron chi connectivity index (χ4n) is 3.04. The van der Waals surface area contributed by atoms with Gasteiger partial charge in [0.15, 0.2) is 11.5 Å². The first-order valence-corrected chi connectivity index (χ1v) is 11.4. The number of hydrogen-bond donors (Lipinski definition) is 0. The number of benzene rings is 2. The number of nitrogens with zero attached hydrogens (tertiary/aromatic N) is 3. The molecule has 0 atom stereocenters. The molecule has 2 aromatic rings. The average Bonchev–Trinajstić information content (AvgIpc) is 2.71. The summed E-state index contributed by atoms with van der Waals surface area (Å²) < 4.78 is 33.2. The van der Waals surface area contributed by atoms with Crippen molar-refractivity contribution < 1.29 is 32.0 Å². The minimum atomic E-state index is -3.85. The Bertz CT molecular complexity index is 1150. The first-order valence-electron chi connectivity index (χ1n) is 9.60. The highest BCUT2D eigenvalue weighted by Crippen LogP contribution is 2.30. The van der Waals surface area contributed by atoms with E-state index in [2.05, 4.69) is 0 Å². The smallest absolute Gasteiger partial charge is 0.306 e. The van der Waals surface area contributed by atoms with Gasteiger partial charge in [0.1, 0.15) is 0 Å². The van der Waals surface area contributed by atoms with Crippen LogP contribution >= 0.6 is 0 Å². The van der Waals surface area contributed by atoms with Gasteiger partial charge in [-0.05, 0) is 23.6 Å². The van der Waals surface area contributed by atoms with Crippen molar-refractivity contribution in [3.63, 3.8) is 0 Å². The van der Waals surface area contributed by atoms with Crippen LogP contribution in [0.4, 0.5) is 11.4 Å². The number of hydrogen-bond acceptors (Lipinski definition) is 9. The van der Waals surface area contributed by atoms with Crippen LogP contribution in [0, 0.1) is 26.1 Å². The van der Waals surface area contributed by atoms with Gasteiger partial charge in [0, 0.05) is 25.2 Å². The molecule has 33 heavy (non-hydrogen) atoms. The van der Waals surface area contributed by atoms with E-state index in [0.717, 1.165) is 24.5 Å². The number of carbonyl (C=O) groups excluding carboxylic acids is 1. The first kappa shape index (κ1) is 25.5. The highest BCUT2D eigenvalue weighted by molar-refractivity contribution is 7.86. The van der Waals surface area contributed by atoms with Crippen LogP contribution in [0.2, 0.25) is 0 Å². The Morgan fingerprint density at radius 2 is 1.61 bits per heavy atom. The second-order valence-electron chi connectivity index (χ2n) is 7.60. The van der Waals surface area contributed by atoms with E-state index in [-0.39, 0.29) is 36.1 Å². The highest BCUT2D eigenvalue weighted by Gasteiger charge is 2.24. The molecule has 0 bridgehead atoms. The molecule has 0 heterocycles. The molecule has 0 saturated heterocycles. The van der Waals surface area contributed by atoms with E-state index >= 15 is 0 Å². The van der Waals surface area contributed by atoms with Gasteiger partial charge in [-0.1, -0.05) is 19.9 Å². The molecule has 2 aromatic carbocycles. The molecular weight excluding hydrogens is 458 g/mol. The molecule has 0 unspecified atom stereocenters. The van der Waals surface area contributed by atoms with Crippen molar-refractivity contribution in [2.24, 2.45) is 5.92 Å². The molecule has 1 amide bonds. The summed E-state index contributed by atoms with van der Waals surface area (Å²) in [6.45, 7) is 3.91. The van der Waals surface area contributed by atoms with E-state index in [1.165, 1.54) is 24.1 Å². The molecule has 0 aliphatic heterocycles.